The summed E-state index contributed by atoms with van der Waals surface area (Å²) in [5.41, 5.74) is 0.300. The third-order valence-corrected chi connectivity index (χ3v) is 5.48. The van der Waals surface area contributed by atoms with Crippen LogP contribution in [0.4, 0.5) is 0 Å². The van der Waals surface area contributed by atoms with E-state index < -0.39 is 13.3 Å². The molecule has 0 saturated carbocycles. The zero-order valence-electron chi connectivity index (χ0n) is 5.19. The molecule has 2 unspecified atom stereocenters. The van der Waals surface area contributed by atoms with Crippen LogP contribution in [0.3, 0.4) is 0 Å². The fourth-order valence-electron chi connectivity index (χ4n) is 0.184. The average molecular weight is 170 g/mol. The molecule has 0 saturated heterocycles. The van der Waals surface area contributed by atoms with Crippen molar-refractivity contribution >= 4 is 19.9 Å². The van der Waals surface area contributed by atoms with Crippen LogP contribution < -0.4 is 5.11 Å². The molecule has 0 aliphatic rings. The molecule has 3 nitrogen and oxygen atoms in total. The van der Waals surface area contributed by atoms with Crippen LogP contribution in [0.15, 0.2) is 0 Å². The first-order valence-corrected chi connectivity index (χ1v) is 5.77. The molecule has 0 spiro atoms. The summed E-state index contributed by atoms with van der Waals surface area (Å²) in [7, 11) is -2.08. The van der Waals surface area contributed by atoms with Crippen LogP contribution in [0.2, 0.25) is 0 Å². The number of rotatable bonds is 3. The van der Waals surface area contributed by atoms with Gasteiger partial charge in [-0.3, -0.25) is 0 Å². The molecule has 56 valence electrons. The Kier molecular flexibility index (Phi) is 4.01. The van der Waals surface area contributed by atoms with E-state index in [-0.39, 0.29) is 6.35 Å². The summed E-state index contributed by atoms with van der Waals surface area (Å²) in [4.78, 5) is 0. The Morgan fingerprint density at radius 1 is 1.78 bits per heavy atom. The highest BCUT2D eigenvalue weighted by atomic mass is 32.1. The highest BCUT2D eigenvalue weighted by Crippen LogP contribution is 2.56. The topological polar surface area (TPSA) is 63.5 Å². The van der Waals surface area contributed by atoms with E-state index in [9.17, 15) is 5.11 Å². The van der Waals surface area contributed by atoms with Crippen LogP contribution in [-0.2, 0) is 0 Å². The first-order chi connectivity index (χ1) is 4.06. The molecule has 5 heteroatoms. The minimum absolute atomic E-state index is 0.221. The summed E-state index contributed by atoms with van der Waals surface area (Å²) >= 11 is 3.85. The van der Waals surface area contributed by atoms with Gasteiger partial charge in [0.15, 0.2) is 6.35 Å². The molecule has 0 amide bonds. The molecule has 0 aromatic heterocycles. The Hall–Kier alpha value is 0.660. The van der Waals surface area contributed by atoms with Crippen LogP contribution in [0.5, 0.6) is 0 Å². The van der Waals surface area contributed by atoms with Gasteiger partial charge in [0.05, 0.1) is 13.9 Å². The lowest BCUT2D eigenvalue weighted by atomic mass is 11.5. The van der Waals surface area contributed by atoms with E-state index in [2.05, 4.69) is 12.6 Å². The van der Waals surface area contributed by atoms with Crippen LogP contribution in [0, 0.1) is 0 Å². The van der Waals surface area contributed by atoms with Crippen molar-refractivity contribution in [3.05, 3.63) is 0 Å². The fraction of sp³-hybridized carbons (Fsp3) is 1.00. The van der Waals surface area contributed by atoms with Crippen LogP contribution >= 0.6 is 19.9 Å². The smallest absolute Gasteiger partial charge is 0.155 e. The number of aliphatic hydroxyl groups is 2. The van der Waals surface area contributed by atoms with Gasteiger partial charge in [-0.25, -0.2) is 0 Å². The molecule has 2 atom stereocenters. The maximum absolute atomic E-state index is 10.4. The van der Waals surface area contributed by atoms with E-state index in [1.165, 1.54) is 0 Å². The molecule has 0 aromatic rings. The van der Waals surface area contributed by atoms with Gasteiger partial charge in [-0.1, -0.05) is 0 Å². The van der Waals surface area contributed by atoms with E-state index in [0.717, 1.165) is 0 Å². The predicted molar refractivity (Wildman–Crippen MR) is 39.8 cm³/mol. The normalized spacial score (nSPS) is 21.0. The van der Waals surface area contributed by atoms with Crippen molar-refractivity contribution in [1.82, 2.24) is 0 Å². The van der Waals surface area contributed by atoms with Crippen molar-refractivity contribution in [2.24, 2.45) is 0 Å². The second-order valence-electron chi connectivity index (χ2n) is 2.09. The van der Waals surface area contributed by atoms with E-state index in [4.69, 9.17) is 10.2 Å². The Labute approximate surface area is 60.5 Å². The number of hydrogen-bond acceptors (Lipinski definition) is 4. The van der Waals surface area contributed by atoms with Gasteiger partial charge < -0.3 is 15.3 Å². The summed E-state index contributed by atoms with van der Waals surface area (Å²) in [6.07, 6.45) is -0.221. The average Bonchev–Trinajstić information content (AvgIpc) is 1.86. The molecular formula is C4H11O3PS. The van der Waals surface area contributed by atoms with E-state index in [1.54, 1.807) is 6.66 Å². The second kappa shape index (κ2) is 3.74. The van der Waals surface area contributed by atoms with Gasteiger partial charge in [0.1, 0.15) is 11.5 Å². The predicted octanol–water partition coefficient (Wildman–Crippen LogP) is -0.893. The minimum atomic E-state index is -2.08. The van der Waals surface area contributed by atoms with Crippen LogP contribution in [-0.4, -0.2) is 34.8 Å². The molecule has 0 rings (SSSR count). The Bertz CT molecular complexity index is 83.9. The van der Waals surface area contributed by atoms with Crippen LogP contribution in [0.25, 0.3) is 0 Å². The summed E-state index contributed by atoms with van der Waals surface area (Å²) in [6, 6.07) is -1.64. The van der Waals surface area contributed by atoms with Gasteiger partial charge >= 0.3 is 0 Å². The lowest BCUT2D eigenvalue weighted by molar-refractivity contribution is -0.447. The van der Waals surface area contributed by atoms with Gasteiger partial charge in [-0.05, 0) is 0 Å². The molecule has 0 aliphatic heterocycles. The zero-order chi connectivity index (χ0) is 7.49. The Morgan fingerprint density at radius 3 is 2.22 bits per heavy atom. The summed E-state index contributed by atoms with van der Waals surface area (Å²) < 4.78 is 0. The zero-order valence-corrected chi connectivity index (χ0v) is 6.98. The number of aliphatic hydroxyl groups excluding tert-OH is 2. The number of thiol groups is 1. The summed E-state index contributed by atoms with van der Waals surface area (Å²) in [5.74, 6) is 0. The third kappa shape index (κ3) is 2.40. The standard InChI is InChI=1S/C4H11O3PS/c1-8(2-5,3-9)4(6)7/h4-6,9H,2-3H2,1H3. The van der Waals surface area contributed by atoms with Crippen molar-refractivity contribution < 1.29 is 15.3 Å². The van der Waals surface area contributed by atoms with Crippen molar-refractivity contribution in [3.63, 3.8) is 0 Å². The molecule has 0 fully saturated rings. The molecule has 0 bridgehead atoms. The van der Waals surface area contributed by atoms with Gasteiger partial charge in [0, 0.05) is 0 Å². The maximum Gasteiger partial charge on any atom is 0.155 e. The monoisotopic (exact) mass is 170 g/mol. The molecule has 9 heavy (non-hydrogen) atoms. The van der Waals surface area contributed by atoms with Gasteiger partial charge in [-0.15, -0.1) is 12.6 Å². The lowest BCUT2D eigenvalue weighted by Gasteiger charge is -2.27. The van der Waals surface area contributed by atoms with E-state index in [1.807, 2.05) is 0 Å². The molecule has 0 aliphatic carbocycles. The maximum atomic E-state index is 10.4. The summed E-state index contributed by atoms with van der Waals surface area (Å²) in [5, 5.41) is 27.6. The van der Waals surface area contributed by atoms with E-state index in [0.29, 0.717) is 5.49 Å². The Balaban J connectivity index is 3.92. The van der Waals surface area contributed by atoms with Crippen molar-refractivity contribution in [2.75, 3.05) is 18.5 Å². The van der Waals surface area contributed by atoms with Crippen molar-refractivity contribution in [1.29, 1.82) is 0 Å². The largest absolute Gasteiger partial charge is 0.799 e. The van der Waals surface area contributed by atoms with Crippen molar-refractivity contribution in [3.8, 4) is 0 Å². The van der Waals surface area contributed by atoms with Crippen LogP contribution in [0.1, 0.15) is 0 Å². The van der Waals surface area contributed by atoms with Crippen molar-refractivity contribution in [2.45, 2.75) is 6.03 Å². The Morgan fingerprint density at radius 2 is 2.22 bits per heavy atom. The van der Waals surface area contributed by atoms with E-state index >= 15 is 0 Å². The fourth-order valence-corrected chi connectivity index (χ4v) is 1.24. The second-order valence-corrected chi connectivity index (χ2v) is 6.90. The first-order valence-electron chi connectivity index (χ1n) is 2.46. The minimum Gasteiger partial charge on any atom is -0.799 e. The number of hydrogen-bond donors (Lipinski definition) is 3. The highest BCUT2D eigenvalue weighted by Gasteiger charge is 2.30. The lowest BCUT2D eigenvalue weighted by Crippen LogP contribution is -2.29. The van der Waals surface area contributed by atoms with Gasteiger partial charge in [-0.2, -0.15) is 0 Å². The molecule has 0 aromatic carbocycles. The first kappa shape index (κ1) is 9.66. The van der Waals surface area contributed by atoms with Gasteiger partial charge in [0.2, 0.25) is 0 Å². The summed E-state index contributed by atoms with van der Waals surface area (Å²) in [6.45, 7) is 1.59. The quantitative estimate of drug-likeness (QED) is 0.292. The molecule has 2 N–H and O–H groups in total. The molecule has 0 radical (unpaired) electrons. The third-order valence-electron chi connectivity index (χ3n) is 1.18. The SMILES string of the molecule is C[P+](CO)(CS)C([O-])O. The molecular weight excluding hydrogens is 159 g/mol. The highest BCUT2D eigenvalue weighted by molar-refractivity contribution is 7.94. The van der Waals surface area contributed by atoms with Gasteiger partial charge in [0.25, 0.3) is 0 Å². The molecule has 0 heterocycles.